The number of rotatable bonds is 6. The third kappa shape index (κ3) is 3.68. The summed E-state index contributed by atoms with van der Waals surface area (Å²) >= 11 is 7.46. The Kier molecular flexibility index (Phi) is 5.69. The number of carbonyl (C=O) groups is 3. The lowest BCUT2D eigenvalue weighted by Gasteiger charge is -2.23. The Morgan fingerprint density at radius 2 is 1.83 bits per heavy atom. The van der Waals surface area contributed by atoms with Crippen LogP contribution in [0.3, 0.4) is 0 Å². The van der Waals surface area contributed by atoms with E-state index in [-0.39, 0.29) is 5.78 Å². The van der Waals surface area contributed by atoms with Crippen LogP contribution >= 0.6 is 22.9 Å². The van der Waals surface area contributed by atoms with Gasteiger partial charge in [0, 0.05) is 5.02 Å². The Morgan fingerprint density at radius 3 is 2.35 bits per heavy atom. The van der Waals surface area contributed by atoms with Gasteiger partial charge in [-0.25, -0.2) is 0 Å². The first kappa shape index (κ1) is 17.4. The standard InChI is InChI=1S/C17H15ClO4S/c1-10(19)14(17(21)22-2)15(11-6-3-4-7-12(11)18)16(20)13-8-5-9-23-13/h3-9,14-15H,1-2H3. The molecular weight excluding hydrogens is 336 g/mol. The molecule has 1 aromatic carbocycles. The second-order valence-corrected chi connectivity index (χ2v) is 6.31. The normalized spacial score (nSPS) is 13.2. The Labute approximate surface area is 143 Å². The van der Waals surface area contributed by atoms with Gasteiger partial charge in [-0.3, -0.25) is 14.4 Å². The van der Waals surface area contributed by atoms with Crippen molar-refractivity contribution in [3.05, 3.63) is 57.2 Å². The summed E-state index contributed by atoms with van der Waals surface area (Å²) in [6.07, 6.45) is 0. The molecule has 23 heavy (non-hydrogen) atoms. The maximum absolute atomic E-state index is 12.9. The highest BCUT2D eigenvalue weighted by Crippen LogP contribution is 2.35. The molecule has 0 saturated heterocycles. The summed E-state index contributed by atoms with van der Waals surface area (Å²) in [5, 5.41) is 2.09. The number of hydrogen-bond donors (Lipinski definition) is 0. The molecule has 0 spiro atoms. The van der Waals surface area contributed by atoms with Gasteiger partial charge in [-0.1, -0.05) is 35.9 Å². The molecule has 0 radical (unpaired) electrons. The molecule has 2 aromatic rings. The van der Waals surface area contributed by atoms with Gasteiger partial charge in [0.1, 0.15) is 11.7 Å². The van der Waals surface area contributed by atoms with Gasteiger partial charge in [-0.15, -0.1) is 11.3 Å². The number of Topliss-reactive ketones (excluding diaryl/α,β-unsaturated/α-hetero) is 2. The van der Waals surface area contributed by atoms with Gasteiger partial charge in [-0.2, -0.15) is 0 Å². The van der Waals surface area contributed by atoms with E-state index in [9.17, 15) is 14.4 Å². The summed E-state index contributed by atoms with van der Waals surface area (Å²) < 4.78 is 4.73. The Balaban J connectivity index is 2.59. The molecule has 0 saturated carbocycles. The van der Waals surface area contributed by atoms with E-state index in [0.29, 0.717) is 15.5 Å². The van der Waals surface area contributed by atoms with Crippen LogP contribution in [0.5, 0.6) is 0 Å². The molecule has 0 amide bonds. The molecule has 0 fully saturated rings. The zero-order valence-electron chi connectivity index (χ0n) is 12.6. The quantitative estimate of drug-likeness (QED) is 0.452. The van der Waals surface area contributed by atoms with Gasteiger partial charge in [-0.05, 0) is 30.0 Å². The molecule has 2 rings (SSSR count). The highest BCUT2D eigenvalue weighted by Gasteiger charge is 2.40. The predicted molar refractivity (Wildman–Crippen MR) is 89.0 cm³/mol. The predicted octanol–water partition coefficient (Wildman–Crippen LogP) is 3.75. The van der Waals surface area contributed by atoms with Crippen molar-refractivity contribution in [2.75, 3.05) is 7.11 Å². The number of ketones is 2. The molecule has 0 N–H and O–H groups in total. The molecular formula is C17H15ClO4S. The van der Waals surface area contributed by atoms with Gasteiger partial charge in [0.15, 0.2) is 5.78 Å². The fourth-order valence-corrected chi connectivity index (χ4v) is 3.39. The molecule has 2 atom stereocenters. The number of halogens is 1. The molecule has 1 heterocycles. The van der Waals surface area contributed by atoms with Crippen molar-refractivity contribution in [2.45, 2.75) is 12.8 Å². The molecule has 2 unspecified atom stereocenters. The second-order valence-electron chi connectivity index (χ2n) is 4.95. The van der Waals surface area contributed by atoms with Crippen LogP contribution in [0.15, 0.2) is 41.8 Å². The van der Waals surface area contributed by atoms with E-state index >= 15 is 0 Å². The van der Waals surface area contributed by atoms with Crippen molar-refractivity contribution in [1.29, 1.82) is 0 Å². The van der Waals surface area contributed by atoms with Crippen molar-refractivity contribution in [2.24, 2.45) is 5.92 Å². The molecule has 6 heteroatoms. The minimum Gasteiger partial charge on any atom is -0.468 e. The maximum atomic E-state index is 12.9. The lowest BCUT2D eigenvalue weighted by molar-refractivity contribution is -0.149. The van der Waals surface area contributed by atoms with Crippen LogP contribution in [0.2, 0.25) is 5.02 Å². The monoisotopic (exact) mass is 350 g/mol. The zero-order chi connectivity index (χ0) is 17.0. The van der Waals surface area contributed by atoms with Crippen LogP contribution in [0, 0.1) is 5.92 Å². The smallest absolute Gasteiger partial charge is 0.317 e. The SMILES string of the molecule is COC(=O)C(C(C)=O)C(C(=O)c1cccs1)c1ccccc1Cl. The lowest BCUT2D eigenvalue weighted by Crippen LogP contribution is -2.34. The Hall–Kier alpha value is -1.98. The zero-order valence-corrected chi connectivity index (χ0v) is 14.2. The van der Waals surface area contributed by atoms with Crippen LogP contribution in [-0.2, 0) is 14.3 Å². The summed E-state index contributed by atoms with van der Waals surface area (Å²) in [5.41, 5.74) is 0.443. The number of methoxy groups -OCH3 is 1. The average molecular weight is 351 g/mol. The molecule has 0 bridgehead atoms. The van der Waals surface area contributed by atoms with Crippen LogP contribution in [-0.4, -0.2) is 24.6 Å². The first-order valence-electron chi connectivity index (χ1n) is 6.87. The third-order valence-corrected chi connectivity index (χ3v) is 4.74. The number of hydrogen-bond acceptors (Lipinski definition) is 5. The highest BCUT2D eigenvalue weighted by atomic mass is 35.5. The first-order valence-corrected chi connectivity index (χ1v) is 8.13. The van der Waals surface area contributed by atoms with Gasteiger partial charge in [0.2, 0.25) is 0 Å². The van der Waals surface area contributed by atoms with Crippen LogP contribution in [0.1, 0.15) is 28.1 Å². The maximum Gasteiger partial charge on any atom is 0.317 e. The number of ether oxygens (including phenoxy) is 1. The highest BCUT2D eigenvalue weighted by molar-refractivity contribution is 7.12. The van der Waals surface area contributed by atoms with Crippen LogP contribution < -0.4 is 0 Å². The Morgan fingerprint density at radius 1 is 1.13 bits per heavy atom. The minimum absolute atomic E-state index is 0.321. The van der Waals surface area contributed by atoms with Crippen molar-refractivity contribution in [3.63, 3.8) is 0 Å². The fourth-order valence-electron chi connectivity index (χ4n) is 2.44. The van der Waals surface area contributed by atoms with E-state index in [4.69, 9.17) is 16.3 Å². The van der Waals surface area contributed by atoms with E-state index in [1.54, 1.807) is 41.8 Å². The van der Waals surface area contributed by atoms with Crippen molar-refractivity contribution >= 4 is 40.5 Å². The molecule has 1 aromatic heterocycles. The number of benzene rings is 1. The summed E-state index contributed by atoms with van der Waals surface area (Å²) in [6, 6.07) is 10.1. The van der Waals surface area contributed by atoms with Gasteiger partial charge in [0.25, 0.3) is 0 Å². The average Bonchev–Trinajstić information content (AvgIpc) is 3.06. The van der Waals surface area contributed by atoms with E-state index in [1.165, 1.54) is 25.4 Å². The van der Waals surface area contributed by atoms with Gasteiger partial charge >= 0.3 is 5.97 Å². The van der Waals surface area contributed by atoms with E-state index in [2.05, 4.69) is 0 Å². The van der Waals surface area contributed by atoms with Crippen molar-refractivity contribution < 1.29 is 19.1 Å². The largest absolute Gasteiger partial charge is 0.468 e. The summed E-state index contributed by atoms with van der Waals surface area (Å²) in [4.78, 5) is 37.5. The third-order valence-electron chi connectivity index (χ3n) is 3.51. The molecule has 120 valence electrons. The first-order chi connectivity index (χ1) is 11.0. The molecule has 0 aliphatic carbocycles. The molecule has 4 nitrogen and oxygen atoms in total. The summed E-state index contributed by atoms with van der Waals surface area (Å²) in [6.45, 7) is 1.27. The summed E-state index contributed by atoms with van der Waals surface area (Å²) in [5.74, 6) is -3.74. The van der Waals surface area contributed by atoms with Crippen molar-refractivity contribution in [3.8, 4) is 0 Å². The van der Waals surface area contributed by atoms with Crippen molar-refractivity contribution in [1.82, 2.24) is 0 Å². The van der Waals surface area contributed by atoms with E-state index < -0.39 is 23.6 Å². The van der Waals surface area contributed by atoms with E-state index in [0.717, 1.165) is 0 Å². The van der Waals surface area contributed by atoms with Gasteiger partial charge in [0.05, 0.1) is 17.9 Å². The van der Waals surface area contributed by atoms with E-state index in [1.807, 2.05) is 0 Å². The Bertz CT molecular complexity index is 724. The topological polar surface area (TPSA) is 60.4 Å². The number of thiophene rings is 1. The molecule has 0 aliphatic heterocycles. The molecule has 0 aliphatic rings. The number of esters is 1. The number of carbonyl (C=O) groups excluding carboxylic acids is 3. The second kappa shape index (κ2) is 7.53. The fraction of sp³-hybridized carbons (Fsp3) is 0.235. The minimum atomic E-state index is -1.23. The van der Waals surface area contributed by atoms with Crippen LogP contribution in [0.4, 0.5) is 0 Å². The van der Waals surface area contributed by atoms with Gasteiger partial charge < -0.3 is 4.74 Å². The lowest BCUT2D eigenvalue weighted by atomic mass is 9.80. The van der Waals surface area contributed by atoms with Crippen LogP contribution in [0.25, 0.3) is 0 Å². The summed E-state index contributed by atoms with van der Waals surface area (Å²) in [7, 11) is 1.19.